The van der Waals surface area contributed by atoms with E-state index in [0.29, 0.717) is 22.7 Å². The third-order valence-corrected chi connectivity index (χ3v) is 1.98. The zero-order valence-electron chi connectivity index (χ0n) is 8.19. The summed E-state index contributed by atoms with van der Waals surface area (Å²) in [4.78, 5) is 15.1. The third-order valence-electron chi connectivity index (χ3n) is 1.98. The predicted molar refractivity (Wildman–Crippen MR) is 54.1 cm³/mol. The lowest BCUT2D eigenvalue weighted by Gasteiger charge is -1.92. The number of nitrogens with zero attached hydrogens (tertiary/aromatic N) is 1. The van der Waals surface area contributed by atoms with Gasteiger partial charge in [0, 0.05) is 11.8 Å². The molecule has 0 bridgehead atoms. The molecule has 2 N–H and O–H groups in total. The summed E-state index contributed by atoms with van der Waals surface area (Å²) >= 11 is 0. The fourth-order valence-electron chi connectivity index (χ4n) is 1.26. The van der Waals surface area contributed by atoms with Crippen LogP contribution in [0.25, 0.3) is 11.1 Å². The predicted octanol–water partition coefficient (Wildman–Crippen LogP) is 1.13. The Morgan fingerprint density at radius 1 is 1.60 bits per heavy atom. The number of carbonyl (C=O) groups is 1. The molecule has 1 heterocycles. The molecule has 0 unspecified atom stereocenters. The van der Waals surface area contributed by atoms with E-state index in [2.05, 4.69) is 9.72 Å². The standard InChI is InChI=1S/C10H10N2O3/c1-14-10(13)5-9-12-7-3-2-6(11)4-8(7)15-9/h2-4H,5,11H2,1H3. The van der Waals surface area contributed by atoms with Crippen LogP contribution in [-0.4, -0.2) is 18.1 Å². The molecule has 0 aliphatic heterocycles. The quantitative estimate of drug-likeness (QED) is 0.588. The number of hydrogen-bond donors (Lipinski definition) is 1. The van der Waals surface area contributed by atoms with E-state index >= 15 is 0 Å². The molecule has 0 aliphatic carbocycles. The summed E-state index contributed by atoms with van der Waals surface area (Å²) < 4.78 is 9.84. The highest BCUT2D eigenvalue weighted by atomic mass is 16.5. The van der Waals surface area contributed by atoms with Gasteiger partial charge in [-0.25, -0.2) is 4.98 Å². The fourth-order valence-corrected chi connectivity index (χ4v) is 1.26. The zero-order valence-corrected chi connectivity index (χ0v) is 8.19. The number of ether oxygens (including phenoxy) is 1. The maximum Gasteiger partial charge on any atom is 0.314 e. The van der Waals surface area contributed by atoms with Gasteiger partial charge in [-0.3, -0.25) is 4.79 Å². The lowest BCUT2D eigenvalue weighted by Crippen LogP contribution is -2.04. The van der Waals surface area contributed by atoms with Gasteiger partial charge in [0.2, 0.25) is 5.89 Å². The molecule has 15 heavy (non-hydrogen) atoms. The first-order valence-corrected chi connectivity index (χ1v) is 4.41. The van der Waals surface area contributed by atoms with Crippen molar-refractivity contribution >= 4 is 22.8 Å². The van der Waals surface area contributed by atoms with Gasteiger partial charge in [0.1, 0.15) is 11.9 Å². The molecule has 0 saturated heterocycles. The molecule has 78 valence electrons. The van der Waals surface area contributed by atoms with Crippen molar-refractivity contribution in [3.8, 4) is 0 Å². The topological polar surface area (TPSA) is 78.3 Å². The summed E-state index contributed by atoms with van der Waals surface area (Å²) in [5.41, 5.74) is 7.44. The van der Waals surface area contributed by atoms with E-state index in [9.17, 15) is 4.79 Å². The van der Waals surface area contributed by atoms with Crippen molar-refractivity contribution in [1.29, 1.82) is 0 Å². The smallest absolute Gasteiger partial charge is 0.314 e. The van der Waals surface area contributed by atoms with E-state index in [1.165, 1.54) is 7.11 Å². The average molecular weight is 206 g/mol. The lowest BCUT2D eigenvalue weighted by molar-refractivity contribution is -0.140. The van der Waals surface area contributed by atoms with Gasteiger partial charge in [-0.1, -0.05) is 0 Å². The van der Waals surface area contributed by atoms with Crippen molar-refractivity contribution in [3.05, 3.63) is 24.1 Å². The Bertz CT molecular complexity index is 504. The minimum atomic E-state index is -0.380. The second-order valence-corrected chi connectivity index (χ2v) is 3.09. The van der Waals surface area contributed by atoms with E-state index in [4.69, 9.17) is 10.2 Å². The number of esters is 1. The number of nitrogen functional groups attached to an aromatic ring is 1. The maximum atomic E-state index is 11.0. The molecule has 2 rings (SSSR count). The van der Waals surface area contributed by atoms with E-state index in [1.807, 2.05) is 0 Å². The van der Waals surface area contributed by atoms with E-state index in [0.717, 1.165) is 0 Å². The van der Waals surface area contributed by atoms with Crippen molar-refractivity contribution in [2.45, 2.75) is 6.42 Å². The number of nitrogens with two attached hydrogens (primary N) is 1. The molecule has 0 saturated carbocycles. The largest absolute Gasteiger partial charge is 0.469 e. The van der Waals surface area contributed by atoms with Crippen LogP contribution in [0.15, 0.2) is 22.6 Å². The van der Waals surface area contributed by atoms with Gasteiger partial charge in [0.25, 0.3) is 0 Å². The first-order valence-electron chi connectivity index (χ1n) is 4.41. The molecule has 1 aromatic heterocycles. The summed E-state index contributed by atoms with van der Waals surface area (Å²) in [5.74, 6) is -0.0445. The first kappa shape index (κ1) is 9.51. The second kappa shape index (κ2) is 3.61. The monoisotopic (exact) mass is 206 g/mol. The summed E-state index contributed by atoms with van der Waals surface area (Å²) in [5, 5.41) is 0. The van der Waals surface area contributed by atoms with Gasteiger partial charge in [0.15, 0.2) is 5.58 Å². The molecule has 0 radical (unpaired) electrons. The zero-order chi connectivity index (χ0) is 10.8. The number of benzene rings is 1. The molecule has 5 nitrogen and oxygen atoms in total. The van der Waals surface area contributed by atoms with Gasteiger partial charge >= 0.3 is 5.97 Å². The number of fused-ring (bicyclic) bond motifs is 1. The van der Waals surface area contributed by atoms with Crippen LogP contribution >= 0.6 is 0 Å². The molecule has 1 aromatic carbocycles. The number of rotatable bonds is 2. The Morgan fingerprint density at radius 3 is 3.13 bits per heavy atom. The van der Waals surface area contributed by atoms with E-state index < -0.39 is 0 Å². The van der Waals surface area contributed by atoms with Crippen molar-refractivity contribution in [1.82, 2.24) is 4.98 Å². The Kier molecular flexibility index (Phi) is 2.29. The number of carbonyl (C=O) groups excluding carboxylic acids is 1. The maximum absolute atomic E-state index is 11.0. The highest BCUT2D eigenvalue weighted by molar-refractivity contribution is 5.78. The van der Waals surface area contributed by atoms with Crippen LogP contribution in [0.2, 0.25) is 0 Å². The molecule has 0 spiro atoms. The molecule has 5 heteroatoms. The Balaban J connectivity index is 2.34. The van der Waals surface area contributed by atoms with Crippen LogP contribution in [0.5, 0.6) is 0 Å². The lowest BCUT2D eigenvalue weighted by atomic mass is 10.3. The summed E-state index contributed by atoms with van der Waals surface area (Å²) in [7, 11) is 1.32. The normalized spacial score (nSPS) is 10.5. The second-order valence-electron chi connectivity index (χ2n) is 3.09. The molecule has 0 amide bonds. The fraction of sp³-hybridized carbons (Fsp3) is 0.200. The Labute approximate surface area is 85.8 Å². The van der Waals surface area contributed by atoms with Crippen LogP contribution in [-0.2, 0) is 16.0 Å². The van der Waals surface area contributed by atoms with Crippen molar-refractivity contribution in [2.75, 3.05) is 12.8 Å². The molecular weight excluding hydrogens is 196 g/mol. The van der Waals surface area contributed by atoms with Gasteiger partial charge in [-0.15, -0.1) is 0 Å². The van der Waals surface area contributed by atoms with Crippen LogP contribution in [0.3, 0.4) is 0 Å². The summed E-state index contributed by atoms with van der Waals surface area (Å²) in [6.07, 6.45) is 0.0328. The number of methoxy groups -OCH3 is 1. The van der Waals surface area contributed by atoms with Crippen LogP contribution in [0.4, 0.5) is 5.69 Å². The van der Waals surface area contributed by atoms with E-state index in [-0.39, 0.29) is 12.4 Å². The molecule has 0 fully saturated rings. The SMILES string of the molecule is COC(=O)Cc1nc2ccc(N)cc2o1. The van der Waals surface area contributed by atoms with Crippen molar-refractivity contribution in [2.24, 2.45) is 0 Å². The van der Waals surface area contributed by atoms with Gasteiger partial charge in [-0.05, 0) is 12.1 Å². The van der Waals surface area contributed by atoms with Crippen LogP contribution < -0.4 is 5.73 Å². The first-order chi connectivity index (χ1) is 7.19. The Hall–Kier alpha value is -2.04. The third kappa shape index (κ3) is 1.90. The molecular formula is C10H10N2O3. The van der Waals surface area contributed by atoms with Crippen molar-refractivity contribution in [3.63, 3.8) is 0 Å². The van der Waals surface area contributed by atoms with E-state index in [1.54, 1.807) is 18.2 Å². The molecule has 0 aliphatic rings. The van der Waals surface area contributed by atoms with Crippen LogP contribution in [0.1, 0.15) is 5.89 Å². The summed E-state index contributed by atoms with van der Waals surface area (Å²) in [6.45, 7) is 0. The highest BCUT2D eigenvalue weighted by Crippen LogP contribution is 2.18. The molecule has 0 atom stereocenters. The van der Waals surface area contributed by atoms with Gasteiger partial charge in [-0.2, -0.15) is 0 Å². The number of anilines is 1. The van der Waals surface area contributed by atoms with Crippen molar-refractivity contribution < 1.29 is 13.9 Å². The van der Waals surface area contributed by atoms with Gasteiger partial charge < -0.3 is 14.9 Å². The van der Waals surface area contributed by atoms with Gasteiger partial charge in [0.05, 0.1) is 7.11 Å². The van der Waals surface area contributed by atoms with Crippen LogP contribution in [0, 0.1) is 0 Å². The number of hydrogen-bond acceptors (Lipinski definition) is 5. The number of aromatic nitrogens is 1. The average Bonchev–Trinajstić information content (AvgIpc) is 2.59. The molecule has 2 aromatic rings. The minimum Gasteiger partial charge on any atom is -0.469 e. The highest BCUT2D eigenvalue weighted by Gasteiger charge is 2.10. The minimum absolute atomic E-state index is 0.0328. The number of oxazole rings is 1. The Morgan fingerprint density at radius 2 is 2.40 bits per heavy atom. The summed E-state index contributed by atoms with van der Waals surface area (Å²) in [6, 6.07) is 5.14.